The van der Waals surface area contributed by atoms with Crippen LogP contribution in [0.5, 0.6) is 0 Å². The minimum Gasteiger partial charge on any atom is -0.388 e. The molecule has 0 fully saturated rings. The third-order valence-corrected chi connectivity index (χ3v) is 3.77. The van der Waals surface area contributed by atoms with Crippen LogP contribution in [0.2, 0.25) is 0 Å². The molecule has 4 nitrogen and oxygen atoms in total. The van der Waals surface area contributed by atoms with Crippen LogP contribution in [0.1, 0.15) is 35.9 Å². The van der Waals surface area contributed by atoms with E-state index < -0.39 is 0 Å². The third-order valence-electron chi connectivity index (χ3n) is 3.77. The van der Waals surface area contributed by atoms with Crippen molar-refractivity contribution in [1.82, 2.24) is 4.57 Å². The zero-order valence-electron chi connectivity index (χ0n) is 11.5. The van der Waals surface area contributed by atoms with Crippen LogP contribution in [0, 0.1) is 6.92 Å². The van der Waals surface area contributed by atoms with Gasteiger partial charge in [-0.15, -0.1) is 0 Å². The van der Waals surface area contributed by atoms with E-state index in [4.69, 9.17) is 9.47 Å². The number of fused-ring (bicyclic) bond motifs is 1. The fourth-order valence-corrected chi connectivity index (χ4v) is 2.78. The van der Waals surface area contributed by atoms with Crippen molar-refractivity contribution < 1.29 is 14.6 Å². The molecule has 0 radical (unpaired) electrons. The highest BCUT2D eigenvalue weighted by Gasteiger charge is 2.24. The molecule has 2 atom stereocenters. The fourth-order valence-electron chi connectivity index (χ4n) is 2.78. The first kappa shape index (κ1) is 13.6. The van der Waals surface area contributed by atoms with Crippen LogP contribution in [-0.4, -0.2) is 36.6 Å². The summed E-state index contributed by atoms with van der Waals surface area (Å²) in [5, 5.41) is 10.0. The van der Waals surface area contributed by atoms with E-state index in [9.17, 15) is 5.11 Å². The highest BCUT2D eigenvalue weighted by Crippen LogP contribution is 2.32. The Balaban J connectivity index is 2.22. The van der Waals surface area contributed by atoms with Crippen LogP contribution in [0.4, 0.5) is 0 Å². The number of aliphatic hydroxyl groups excluding tert-OH is 1. The van der Waals surface area contributed by atoms with Crippen molar-refractivity contribution >= 4 is 0 Å². The summed E-state index contributed by atoms with van der Waals surface area (Å²) in [7, 11) is 3.40. The second-order valence-corrected chi connectivity index (χ2v) is 5.02. The van der Waals surface area contributed by atoms with E-state index >= 15 is 0 Å². The fraction of sp³-hybridized carbons (Fsp3) is 0.714. The van der Waals surface area contributed by atoms with Gasteiger partial charge in [0.1, 0.15) is 0 Å². The molecule has 0 saturated carbocycles. The molecule has 0 saturated heterocycles. The van der Waals surface area contributed by atoms with Gasteiger partial charge < -0.3 is 19.1 Å². The van der Waals surface area contributed by atoms with Gasteiger partial charge in [-0.25, -0.2) is 0 Å². The van der Waals surface area contributed by atoms with Gasteiger partial charge in [0.15, 0.2) is 0 Å². The number of hydrogen-bond acceptors (Lipinski definition) is 3. The van der Waals surface area contributed by atoms with Crippen molar-refractivity contribution in [3.63, 3.8) is 0 Å². The summed E-state index contributed by atoms with van der Waals surface area (Å²) in [6.07, 6.45) is 2.74. The predicted octanol–water partition coefficient (Wildman–Crippen LogP) is 1.83. The summed E-state index contributed by atoms with van der Waals surface area (Å²) in [4.78, 5) is 0. The van der Waals surface area contributed by atoms with E-state index in [1.54, 1.807) is 14.2 Å². The standard InChI is InChI=1S/C14H23NO3/c1-10-7-12-13(5-4-6-14(12)16)15(10)8-11(18-3)9-17-2/h7,11,14,16H,4-6,8-9H2,1-3H3. The first-order chi connectivity index (χ1) is 8.67. The first-order valence-electron chi connectivity index (χ1n) is 6.56. The molecular formula is C14H23NO3. The molecule has 1 N–H and O–H groups in total. The monoisotopic (exact) mass is 253 g/mol. The van der Waals surface area contributed by atoms with E-state index in [1.165, 1.54) is 11.4 Å². The van der Waals surface area contributed by atoms with Crippen LogP contribution < -0.4 is 0 Å². The molecule has 1 aromatic rings. The van der Waals surface area contributed by atoms with Gasteiger partial charge in [-0.3, -0.25) is 0 Å². The van der Waals surface area contributed by atoms with Crippen LogP contribution in [0.25, 0.3) is 0 Å². The normalized spacial score (nSPS) is 20.8. The summed E-state index contributed by atoms with van der Waals surface area (Å²) in [5.74, 6) is 0. The summed E-state index contributed by atoms with van der Waals surface area (Å²) in [5.41, 5.74) is 3.56. The Labute approximate surface area is 109 Å². The molecule has 102 valence electrons. The number of rotatable bonds is 5. The predicted molar refractivity (Wildman–Crippen MR) is 69.7 cm³/mol. The second kappa shape index (κ2) is 5.87. The summed E-state index contributed by atoms with van der Waals surface area (Å²) < 4.78 is 12.9. The number of aryl methyl sites for hydroxylation is 1. The minimum atomic E-state index is -0.294. The van der Waals surface area contributed by atoms with Crippen molar-refractivity contribution in [2.24, 2.45) is 0 Å². The van der Waals surface area contributed by atoms with Crippen molar-refractivity contribution in [3.05, 3.63) is 23.0 Å². The first-order valence-corrected chi connectivity index (χ1v) is 6.56. The van der Waals surface area contributed by atoms with Crippen LogP contribution >= 0.6 is 0 Å². The van der Waals surface area contributed by atoms with Crippen LogP contribution in [0.15, 0.2) is 6.07 Å². The van der Waals surface area contributed by atoms with Crippen molar-refractivity contribution in [1.29, 1.82) is 0 Å². The number of hydrogen-bond donors (Lipinski definition) is 1. The molecule has 4 heteroatoms. The number of nitrogens with zero attached hydrogens (tertiary/aromatic N) is 1. The lowest BCUT2D eigenvalue weighted by atomic mass is 9.95. The molecule has 1 aromatic heterocycles. The Bertz CT molecular complexity index is 400. The Kier molecular flexibility index (Phi) is 4.43. The number of methoxy groups -OCH3 is 2. The Morgan fingerprint density at radius 3 is 2.94 bits per heavy atom. The maximum atomic E-state index is 10.0. The molecule has 1 heterocycles. The molecule has 0 amide bonds. The molecule has 1 aliphatic carbocycles. The van der Waals surface area contributed by atoms with E-state index in [0.29, 0.717) is 6.61 Å². The van der Waals surface area contributed by atoms with Gasteiger partial charge in [0, 0.05) is 31.2 Å². The van der Waals surface area contributed by atoms with Gasteiger partial charge in [-0.2, -0.15) is 0 Å². The Morgan fingerprint density at radius 2 is 2.28 bits per heavy atom. The molecule has 0 spiro atoms. The van der Waals surface area contributed by atoms with Crippen molar-refractivity contribution in [3.8, 4) is 0 Å². The Morgan fingerprint density at radius 1 is 1.50 bits per heavy atom. The van der Waals surface area contributed by atoms with Gasteiger partial charge in [0.2, 0.25) is 0 Å². The molecule has 0 bridgehead atoms. The minimum absolute atomic E-state index is 0.0595. The lowest BCUT2D eigenvalue weighted by Gasteiger charge is -2.23. The molecular weight excluding hydrogens is 230 g/mol. The van der Waals surface area contributed by atoms with Gasteiger partial charge in [-0.05, 0) is 32.3 Å². The average molecular weight is 253 g/mol. The topological polar surface area (TPSA) is 43.6 Å². The molecule has 1 aliphatic rings. The lowest BCUT2D eigenvalue weighted by molar-refractivity contribution is 0.0175. The van der Waals surface area contributed by atoms with E-state index in [0.717, 1.165) is 31.4 Å². The van der Waals surface area contributed by atoms with Crippen LogP contribution in [-0.2, 0) is 22.4 Å². The summed E-state index contributed by atoms with van der Waals surface area (Å²) in [6.45, 7) is 3.47. The Hall–Kier alpha value is -0.840. The molecule has 2 unspecified atom stereocenters. The van der Waals surface area contributed by atoms with Crippen LogP contribution in [0.3, 0.4) is 0 Å². The van der Waals surface area contributed by atoms with Gasteiger partial charge in [0.05, 0.1) is 25.4 Å². The molecule has 0 aliphatic heterocycles. The lowest BCUT2D eigenvalue weighted by Crippen LogP contribution is -2.26. The van der Waals surface area contributed by atoms with E-state index in [-0.39, 0.29) is 12.2 Å². The smallest absolute Gasteiger partial charge is 0.0982 e. The zero-order chi connectivity index (χ0) is 13.1. The van der Waals surface area contributed by atoms with Gasteiger partial charge in [-0.1, -0.05) is 0 Å². The molecule has 0 aromatic carbocycles. The second-order valence-electron chi connectivity index (χ2n) is 5.02. The number of ether oxygens (including phenoxy) is 2. The number of aromatic nitrogens is 1. The quantitative estimate of drug-likeness (QED) is 0.870. The molecule has 18 heavy (non-hydrogen) atoms. The van der Waals surface area contributed by atoms with E-state index in [2.05, 4.69) is 17.6 Å². The third kappa shape index (κ3) is 2.60. The maximum Gasteiger partial charge on any atom is 0.0982 e. The number of aliphatic hydroxyl groups is 1. The summed E-state index contributed by atoms with van der Waals surface area (Å²) >= 11 is 0. The van der Waals surface area contributed by atoms with Gasteiger partial charge in [0.25, 0.3) is 0 Å². The maximum absolute atomic E-state index is 10.0. The highest BCUT2D eigenvalue weighted by molar-refractivity contribution is 5.31. The average Bonchev–Trinajstić information content (AvgIpc) is 2.67. The summed E-state index contributed by atoms with van der Waals surface area (Å²) in [6, 6.07) is 2.11. The van der Waals surface area contributed by atoms with Crippen molar-refractivity contribution in [2.45, 2.75) is 44.9 Å². The SMILES string of the molecule is COCC(Cn1c(C)cc2c1CCCC2O)OC. The van der Waals surface area contributed by atoms with E-state index in [1.807, 2.05) is 0 Å². The molecule has 2 rings (SSSR count). The zero-order valence-corrected chi connectivity index (χ0v) is 11.5. The largest absolute Gasteiger partial charge is 0.388 e. The van der Waals surface area contributed by atoms with Crippen molar-refractivity contribution in [2.75, 3.05) is 20.8 Å². The highest BCUT2D eigenvalue weighted by atomic mass is 16.5. The van der Waals surface area contributed by atoms with Gasteiger partial charge >= 0.3 is 0 Å².